The minimum atomic E-state index is -0.112. The van der Waals surface area contributed by atoms with Gasteiger partial charge in [-0.1, -0.05) is 53.6 Å². The number of morpholine rings is 1. The van der Waals surface area contributed by atoms with Crippen LogP contribution < -0.4 is 4.90 Å². The third kappa shape index (κ3) is 4.81. The molecule has 2 aromatic carbocycles. The first-order chi connectivity index (χ1) is 15.4. The Labute approximate surface area is 189 Å². The van der Waals surface area contributed by atoms with Crippen molar-refractivity contribution >= 4 is 11.9 Å². The maximum Gasteiger partial charge on any atom is 0.273 e. The van der Waals surface area contributed by atoms with Gasteiger partial charge >= 0.3 is 0 Å². The van der Waals surface area contributed by atoms with Gasteiger partial charge in [-0.3, -0.25) is 4.79 Å². The Bertz CT molecular complexity index is 1100. The molecule has 0 saturated carbocycles. The average Bonchev–Trinajstić information content (AvgIpc) is 2.78. The molecule has 3 aromatic rings. The number of carbonyl (C=O) groups is 1. The third-order valence-corrected chi connectivity index (χ3v) is 5.76. The highest BCUT2D eigenvalue weighted by molar-refractivity contribution is 5.99. The van der Waals surface area contributed by atoms with Crippen LogP contribution in [-0.4, -0.2) is 54.1 Å². The van der Waals surface area contributed by atoms with Gasteiger partial charge in [-0.05, 0) is 37.5 Å². The van der Waals surface area contributed by atoms with E-state index in [0.717, 1.165) is 35.3 Å². The number of hydrogen-bond donors (Lipinski definition) is 0. The molecular weight excluding hydrogens is 400 g/mol. The summed E-state index contributed by atoms with van der Waals surface area (Å²) in [5.74, 6) is 0.466. The summed E-state index contributed by atoms with van der Waals surface area (Å²) in [5.41, 5.74) is 6.75. The van der Waals surface area contributed by atoms with E-state index in [1.807, 2.05) is 38.2 Å². The van der Waals surface area contributed by atoms with E-state index in [1.165, 1.54) is 11.1 Å². The molecule has 1 amide bonds. The van der Waals surface area contributed by atoms with E-state index in [2.05, 4.69) is 41.9 Å². The molecule has 1 saturated heterocycles. The second-order valence-electron chi connectivity index (χ2n) is 8.50. The minimum absolute atomic E-state index is 0.112. The molecule has 1 aliphatic heterocycles. The summed E-state index contributed by atoms with van der Waals surface area (Å²) >= 11 is 0. The summed E-state index contributed by atoms with van der Waals surface area (Å²) in [6.45, 7) is 9.43. The van der Waals surface area contributed by atoms with Crippen LogP contribution in [0.5, 0.6) is 0 Å². The number of nitrogens with zero attached hydrogens (tertiary/aromatic N) is 4. The van der Waals surface area contributed by atoms with Crippen LogP contribution in [0.2, 0.25) is 0 Å². The van der Waals surface area contributed by atoms with Crippen molar-refractivity contribution in [2.24, 2.45) is 0 Å². The van der Waals surface area contributed by atoms with Gasteiger partial charge in [-0.2, -0.15) is 0 Å². The standard InChI is InChI=1S/C26H30N4O2/c1-18-13-19(2)15-21(14-18)17-29(4)25(31)24-23(22-8-6-5-7-20(22)3)16-27-26(28-24)30-9-11-32-12-10-30/h5-8,13-16H,9-12,17H2,1-4H3. The molecule has 0 N–H and O–H groups in total. The van der Waals surface area contributed by atoms with E-state index in [-0.39, 0.29) is 5.91 Å². The van der Waals surface area contributed by atoms with Crippen molar-refractivity contribution < 1.29 is 9.53 Å². The van der Waals surface area contributed by atoms with Crippen molar-refractivity contribution in [3.05, 3.63) is 76.6 Å². The van der Waals surface area contributed by atoms with E-state index in [9.17, 15) is 4.79 Å². The number of aryl methyl sites for hydroxylation is 3. The smallest absolute Gasteiger partial charge is 0.273 e. The van der Waals surface area contributed by atoms with Crippen LogP contribution in [0, 0.1) is 20.8 Å². The lowest BCUT2D eigenvalue weighted by molar-refractivity contribution is 0.0780. The number of aromatic nitrogens is 2. The summed E-state index contributed by atoms with van der Waals surface area (Å²) in [6, 6.07) is 14.4. The van der Waals surface area contributed by atoms with Crippen LogP contribution in [0.3, 0.4) is 0 Å². The lowest BCUT2D eigenvalue weighted by Gasteiger charge is -2.27. The zero-order chi connectivity index (χ0) is 22.7. The van der Waals surface area contributed by atoms with E-state index in [0.29, 0.717) is 31.4 Å². The first kappa shape index (κ1) is 22.0. The zero-order valence-corrected chi connectivity index (χ0v) is 19.3. The Morgan fingerprint density at radius 2 is 1.72 bits per heavy atom. The average molecular weight is 431 g/mol. The normalized spacial score (nSPS) is 13.8. The highest BCUT2D eigenvalue weighted by Crippen LogP contribution is 2.28. The van der Waals surface area contributed by atoms with Gasteiger partial charge in [0.1, 0.15) is 5.69 Å². The van der Waals surface area contributed by atoms with Gasteiger partial charge in [0.15, 0.2) is 0 Å². The summed E-state index contributed by atoms with van der Waals surface area (Å²) in [6.07, 6.45) is 1.79. The molecule has 6 nitrogen and oxygen atoms in total. The molecule has 0 atom stereocenters. The highest BCUT2D eigenvalue weighted by Gasteiger charge is 2.23. The topological polar surface area (TPSA) is 58.6 Å². The highest BCUT2D eigenvalue weighted by atomic mass is 16.5. The second kappa shape index (κ2) is 9.49. The molecule has 1 aliphatic rings. The van der Waals surface area contributed by atoms with Crippen LogP contribution >= 0.6 is 0 Å². The molecular formula is C26H30N4O2. The van der Waals surface area contributed by atoms with Crippen molar-refractivity contribution in [1.29, 1.82) is 0 Å². The minimum Gasteiger partial charge on any atom is -0.378 e. The van der Waals surface area contributed by atoms with Crippen molar-refractivity contribution in [2.45, 2.75) is 27.3 Å². The summed E-state index contributed by atoms with van der Waals surface area (Å²) < 4.78 is 5.46. The molecule has 0 unspecified atom stereocenters. The van der Waals surface area contributed by atoms with Gasteiger partial charge in [-0.25, -0.2) is 9.97 Å². The lowest BCUT2D eigenvalue weighted by Crippen LogP contribution is -2.38. The van der Waals surface area contributed by atoms with Gasteiger partial charge in [0.25, 0.3) is 5.91 Å². The predicted octanol–water partition coefficient (Wildman–Crippen LogP) is 4.18. The van der Waals surface area contributed by atoms with E-state index in [4.69, 9.17) is 9.72 Å². The number of rotatable bonds is 5. The zero-order valence-electron chi connectivity index (χ0n) is 19.3. The maximum atomic E-state index is 13.7. The van der Waals surface area contributed by atoms with Gasteiger partial charge < -0.3 is 14.5 Å². The molecule has 2 heterocycles. The fourth-order valence-electron chi connectivity index (χ4n) is 4.21. The number of carbonyl (C=O) groups excluding carboxylic acids is 1. The van der Waals surface area contributed by atoms with Crippen LogP contribution in [0.4, 0.5) is 5.95 Å². The third-order valence-electron chi connectivity index (χ3n) is 5.76. The number of hydrogen-bond acceptors (Lipinski definition) is 5. The van der Waals surface area contributed by atoms with Crippen LogP contribution in [0.15, 0.2) is 48.7 Å². The quantitative estimate of drug-likeness (QED) is 0.608. The van der Waals surface area contributed by atoms with Gasteiger partial charge in [-0.15, -0.1) is 0 Å². The van der Waals surface area contributed by atoms with Gasteiger partial charge in [0.2, 0.25) is 5.95 Å². The van der Waals surface area contributed by atoms with E-state index < -0.39 is 0 Å². The Morgan fingerprint density at radius 3 is 2.41 bits per heavy atom. The maximum absolute atomic E-state index is 13.7. The Hall–Kier alpha value is -3.25. The number of anilines is 1. The molecule has 6 heteroatoms. The van der Waals surface area contributed by atoms with Gasteiger partial charge in [0, 0.05) is 38.4 Å². The molecule has 0 bridgehead atoms. The van der Waals surface area contributed by atoms with Crippen molar-refractivity contribution in [3.63, 3.8) is 0 Å². The Kier molecular flexibility index (Phi) is 6.51. The van der Waals surface area contributed by atoms with Crippen molar-refractivity contribution in [1.82, 2.24) is 14.9 Å². The van der Waals surface area contributed by atoms with E-state index >= 15 is 0 Å². The molecule has 0 radical (unpaired) electrons. The Morgan fingerprint density at radius 1 is 1.03 bits per heavy atom. The van der Waals surface area contributed by atoms with Crippen LogP contribution in [0.1, 0.15) is 32.7 Å². The number of amides is 1. The molecule has 1 fully saturated rings. The van der Waals surface area contributed by atoms with Gasteiger partial charge in [0.05, 0.1) is 13.2 Å². The fraction of sp³-hybridized carbons (Fsp3) is 0.346. The summed E-state index contributed by atoms with van der Waals surface area (Å²) in [7, 11) is 1.83. The van der Waals surface area contributed by atoms with Crippen molar-refractivity contribution in [2.75, 3.05) is 38.3 Å². The predicted molar refractivity (Wildman–Crippen MR) is 127 cm³/mol. The molecule has 32 heavy (non-hydrogen) atoms. The molecule has 0 spiro atoms. The lowest BCUT2D eigenvalue weighted by atomic mass is 10.00. The molecule has 1 aromatic heterocycles. The fourth-order valence-corrected chi connectivity index (χ4v) is 4.21. The van der Waals surface area contributed by atoms with Crippen LogP contribution in [-0.2, 0) is 11.3 Å². The molecule has 166 valence electrons. The molecule has 0 aliphatic carbocycles. The first-order valence-electron chi connectivity index (χ1n) is 11.0. The SMILES string of the molecule is Cc1cc(C)cc(CN(C)C(=O)c2nc(N3CCOCC3)ncc2-c2ccccc2C)c1. The largest absolute Gasteiger partial charge is 0.378 e. The van der Waals surface area contributed by atoms with Crippen molar-refractivity contribution in [3.8, 4) is 11.1 Å². The summed E-state index contributed by atoms with van der Waals surface area (Å²) in [5, 5.41) is 0. The van der Waals surface area contributed by atoms with Crippen LogP contribution in [0.25, 0.3) is 11.1 Å². The molecule has 4 rings (SSSR count). The number of benzene rings is 2. The number of ether oxygens (including phenoxy) is 1. The monoisotopic (exact) mass is 430 g/mol. The Balaban J connectivity index is 1.71. The summed E-state index contributed by atoms with van der Waals surface area (Å²) in [4.78, 5) is 26.9. The first-order valence-corrected chi connectivity index (χ1v) is 11.0. The van der Waals surface area contributed by atoms with E-state index in [1.54, 1.807) is 11.1 Å². The second-order valence-corrected chi connectivity index (χ2v) is 8.50.